The molecule has 1 aliphatic heterocycles. The Morgan fingerprint density at radius 1 is 1.40 bits per heavy atom. The van der Waals surface area contributed by atoms with E-state index in [0.717, 1.165) is 6.42 Å². The van der Waals surface area contributed by atoms with Gasteiger partial charge in [-0.2, -0.15) is 0 Å². The number of hydrogen-bond donors (Lipinski definition) is 1. The van der Waals surface area contributed by atoms with E-state index in [9.17, 15) is 9.90 Å². The standard InChI is InChI=1S/C12H16O3/c1-7-12-9(2,3)10(12,4)5-6-11(12,15-7)8(13)14/h1,5-6H2,2-4H3,(H,13,14). The van der Waals surface area contributed by atoms with Gasteiger partial charge in [-0.1, -0.05) is 27.4 Å². The van der Waals surface area contributed by atoms with Gasteiger partial charge in [-0.3, -0.25) is 0 Å². The summed E-state index contributed by atoms with van der Waals surface area (Å²) in [4.78, 5) is 11.4. The van der Waals surface area contributed by atoms with Crippen LogP contribution < -0.4 is 0 Å². The van der Waals surface area contributed by atoms with Gasteiger partial charge in [0.15, 0.2) is 0 Å². The molecule has 1 saturated heterocycles. The highest BCUT2D eigenvalue weighted by atomic mass is 16.6. The molecule has 1 N–H and O–H groups in total. The van der Waals surface area contributed by atoms with Crippen LogP contribution in [0.4, 0.5) is 0 Å². The molecule has 82 valence electrons. The first-order chi connectivity index (χ1) is 6.78. The maximum atomic E-state index is 11.4. The molecule has 3 rings (SSSR count). The van der Waals surface area contributed by atoms with E-state index in [0.29, 0.717) is 12.2 Å². The van der Waals surface area contributed by atoms with E-state index in [-0.39, 0.29) is 16.2 Å². The van der Waals surface area contributed by atoms with E-state index in [1.807, 2.05) is 0 Å². The van der Waals surface area contributed by atoms with Gasteiger partial charge in [-0.15, -0.1) is 0 Å². The molecule has 15 heavy (non-hydrogen) atoms. The second kappa shape index (κ2) is 1.83. The summed E-state index contributed by atoms with van der Waals surface area (Å²) in [6.07, 6.45) is 1.55. The topological polar surface area (TPSA) is 46.5 Å². The number of ether oxygens (including phenoxy) is 1. The maximum Gasteiger partial charge on any atom is 0.349 e. The SMILES string of the molecule is C=C1OC2(C(=O)O)CCC3(C)C(C)(C)C123. The summed E-state index contributed by atoms with van der Waals surface area (Å²) in [5.41, 5.74) is -1.21. The Balaban J connectivity index is 2.21. The van der Waals surface area contributed by atoms with Gasteiger partial charge in [0.05, 0.1) is 5.41 Å². The summed E-state index contributed by atoms with van der Waals surface area (Å²) in [6, 6.07) is 0. The lowest BCUT2D eigenvalue weighted by Crippen LogP contribution is -2.59. The molecule has 0 radical (unpaired) electrons. The molecule has 3 aliphatic rings. The fraction of sp³-hybridized carbons (Fsp3) is 0.750. The Bertz CT molecular complexity index is 411. The minimum atomic E-state index is -0.970. The third-order valence-corrected chi connectivity index (χ3v) is 5.73. The van der Waals surface area contributed by atoms with Crippen LogP contribution in [0.2, 0.25) is 0 Å². The quantitative estimate of drug-likeness (QED) is 0.718. The lowest BCUT2D eigenvalue weighted by atomic mass is 9.72. The highest BCUT2D eigenvalue weighted by Crippen LogP contribution is 2.94. The molecule has 3 fully saturated rings. The minimum Gasteiger partial charge on any atom is -0.479 e. The third-order valence-electron chi connectivity index (χ3n) is 5.73. The zero-order chi connectivity index (χ0) is 11.3. The molecule has 0 aromatic carbocycles. The van der Waals surface area contributed by atoms with E-state index in [1.54, 1.807) is 0 Å². The molecular formula is C12H16O3. The highest BCUT2D eigenvalue weighted by molar-refractivity contribution is 5.85. The number of aliphatic carboxylic acids is 1. The van der Waals surface area contributed by atoms with E-state index < -0.39 is 11.6 Å². The second-order valence-electron chi connectivity index (χ2n) is 5.86. The Morgan fingerprint density at radius 3 is 2.33 bits per heavy atom. The third kappa shape index (κ3) is 0.485. The first-order valence-electron chi connectivity index (χ1n) is 5.40. The Hall–Kier alpha value is -0.990. The monoisotopic (exact) mass is 208 g/mol. The molecule has 0 aromatic heterocycles. The molecule has 0 amide bonds. The smallest absolute Gasteiger partial charge is 0.349 e. The van der Waals surface area contributed by atoms with Crippen molar-refractivity contribution in [2.24, 2.45) is 16.2 Å². The van der Waals surface area contributed by atoms with Gasteiger partial charge in [-0.05, 0) is 23.7 Å². The number of carboxylic acid groups (broad SMARTS) is 1. The van der Waals surface area contributed by atoms with E-state index in [2.05, 4.69) is 27.4 Å². The molecule has 2 aliphatic carbocycles. The zero-order valence-corrected chi connectivity index (χ0v) is 9.39. The molecule has 3 atom stereocenters. The van der Waals surface area contributed by atoms with Crippen molar-refractivity contribution < 1.29 is 14.6 Å². The summed E-state index contributed by atoms with van der Waals surface area (Å²) in [5.74, 6) is -0.126. The van der Waals surface area contributed by atoms with Gasteiger partial charge in [0.2, 0.25) is 5.60 Å². The van der Waals surface area contributed by atoms with Gasteiger partial charge >= 0.3 is 5.97 Å². The highest BCUT2D eigenvalue weighted by Gasteiger charge is 2.98. The average molecular weight is 208 g/mol. The zero-order valence-electron chi connectivity index (χ0n) is 9.39. The van der Waals surface area contributed by atoms with Gasteiger partial charge in [-0.25, -0.2) is 4.79 Å². The summed E-state index contributed by atoms with van der Waals surface area (Å²) in [7, 11) is 0. The molecule has 0 aromatic rings. The lowest BCUT2D eigenvalue weighted by Gasteiger charge is -2.49. The minimum absolute atomic E-state index is 0.00593. The van der Waals surface area contributed by atoms with Crippen LogP contribution in [-0.4, -0.2) is 16.7 Å². The first kappa shape index (κ1) is 9.25. The number of hydrogen-bond acceptors (Lipinski definition) is 2. The van der Waals surface area contributed by atoms with Crippen molar-refractivity contribution >= 4 is 5.97 Å². The molecule has 1 spiro atoms. The Morgan fingerprint density at radius 2 is 2.00 bits per heavy atom. The molecule has 1 heterocycles. The van der Waals surface area contributed by atoms with E-state index in [1.165, 1.54) is 0 Å². The van der Waals surface area contributed by atoms with Crippen LogP contribution >= 0.6 is 0 Å². The van der Waals surface area contributed by atoms with Crippen LogP contribution in [0.3, 0.4) is 0 Å². The molecule has 3 nitrogen and oxygen atoms in total. The van der Waals surface area contributed by atoms with Crippen molar-refractivity contribution in [2.75, 3.05) is 0 Å². The molecule has 3 heteroatoms. The van der Waals surface area contributed by atoms with Gasteiger partial charge in [0.25, 0.3) is 0 Å². The second-order valence-corrected chi connectivity index (χ2v) is 5.86. The van der Waals surface area contributed by atoms with Crippen LogP contribution in [0.5, 0.6) is 0 Å². The Kier molecular flexibility index (Phi) is 1.13. The summed E-state index contributed by atoms with van der Waals surface area (Å²) in [5, 5.41) is 9.38. The van der Waals surface area contributed by atoms with Crippen molar-refractivity contribution in [3.05, 3.63) is 12.3 Å². The number of carboxylic acids is 1. The normalized spacial score (nSPS) is 53.7. The Labute approximate surface area is 89.1 Å². The molecule has 0 bridgehead atoms. The van der Waals surface area contributed by atoms with Crippen LogP contribution in [-0.2, 0) is 9.53 Å². The van der Waals surface area contributed by atoms with Crippen molar-refractivity contribution in [1.82, 2.24) is 0 Å². The predicted octanol–water partition coefficient (Wildman–Crippen LogP) is 2.18. The van der Waals surface area contributed by atoms with Crippen LogP contribution in [0, 0.1) is 16.2 Å². The van der Waals surface area contributed by atoms with Gasteiger partial charge < -0.3 is 9.84 Å². The number of carbonyl (C=O) groups is 1. The van der Waals surface area contributed by atoms with Crippen molar-refractivity contribution in [3.63, 3.8) is 0 Å². The van der Waals surface area contributed by atoms with Crippen LogP contribution in [0.1, 0.15) is 33.6 Å². The largest absolute Gasteiger partial charge is 0.479 e. The average Bonchev–Trinajstić information content (AvgIpc) is 2.41. The molecular weight excluding hydrogens is 192 g/mol. The first-order valence-corrected chi connectivity index (χ1v) is 5.40. The fourth-order valence-corrected chi connectivity index (χ4v) is 4.81. The van der Waals surface area contributed by atoms with E-state index >= 15 is 0 Å². The molecule has 2 saturated carbocycles. The summed E-state index contributed by atoms with van der Waals surface area (Å²) < 4.78 is 5.46. The van der Waals surface area contributed by atoms with Gasteiger partial charge in [0, 0.05) is 0 Å². The maximum absolute atomic E-state index is 11.4. The fourth-order valence-electron chi connectivity index (χ4n) is 4.81. The van der Waals surface area contributed by atoms with Crippen LogP contribution in [0.25, 0.3) is 0 Å². The predicted molar refractivity (Wildman–Crippen MR) is 54.1 cm³/mol. The van der Waals surface area contributed by atoms with Crippen molar-refractivity contribution in [2.45, 2.75) is 39.2 Å². The lowest BCUT2D eigenvalue weighted by molar-refractivity contribution is -0.203. The number of rotatable bonds is 1. The van der Waals surface area contributed by atoms with E-state index in [4.69, 9.17) is 4.74 Å². The summed E-state index contributed by atoms with van der Waals surface area (Å²) >= 11 is 0. The summed E-state index contributed by atoms with van der Waals surface area (Å²) in [6.45, 7) is 10.3. The van der Waals surface area contributed by atoms with Gasteiger partial charge in [0.1, 0.15) is 5.76 Å². The van der Waals surface area contributed by atoms with Crippen LogP contribution in [0.15, 0.2) is 12.3 Å². The van der Waals surface area contributed by atoms with Crippen molar-refractivity contribution in [1.29, 1.82) is 0 Å². The molecule has 3 unspecified atom stereocenters. The van der Waals surface area contributed by atoms with Crippen molar-refractivity contribution in [3.8, 4) is 0 Å².